The number of carbonyl (C=O) groups excluding carboxylic acids is 1. The van der Waals surface area contributed by atoms with Gasteiger partial charge in [0.15, 0.2) is 5.69 Å². The lowest BCUT2D eigenvalue weighted by Crippen LogP contribution is -2.30. The summed E-state index contributed by atoms with van der Waals surface area (Å²) in [5, 5.41) is 17.4. The summed E-state index contributed by atoms with van der Waals surface area (Å²) in [6.07, 6.45) is 3.69. The van der Waals surface area contributed by atoms with Crippen LogP contribution in [-0.2, 0) is 4.79 Å². The molecule has 8 heteroatoms. The maximum atomic E-state index is 12.7. The molecule has 1 amide bonds. The highest BCUT2D eigenvalue weighted by atomic mass is 16.5. The quantitative estimate of drug-likeness (QED) is 0.871. The van der Waals surface area contributed by atoms with E-state index in [1.165, 1.54) is 4.68 Å². The van der Waals surface area contributed by atoms with E-state index in [1.807, 2.05) is 12.1 Å². The molecule has 1 saturated heterocycles. The Kier molecular flexibility index (Phi) is 4.10. The predicted molar refractivity (Wildman–Crippen MR) is 91.2 cm³/mol. The van der Waals surface area contributed by atoms with E-state index in [4.69, 9.17) is 4.74 Å². The average molecular weight is 356 g/mol. The molecule has 8 nitrogen and oxygen atoms in total. The highest BCUT2D eigenvalue weighted by Gasteiger charge is 2.47. The Morgan fingerprint density at radius 3 is 2.54 bits per heavy atom. The molecule has 1 saturated carbocycles. The van der Waals surface area contributed by atoms with Crippen molar-refractivity contribution < 1.29 is 19.4 Å². The van der Waals surface area contributed by atoms with Crippen LogP contribution in [-0.4, -0.2) is 57.1 Å². The molecular weight excluding hydrogens is 336 g/mol. The highest BCUT2D eigenvalue weighted by Crippen LogP contribution is 2.44. The molecule has 0 spiro atoms. The first-order valence-corrected chi connectivity index (χ1v) is 8.65. The van der Waals surface area contributed by atoms with Crippen molar-refractivity contribution >= 4 is 11.9 Å². The zero-order valence-electron chi connectivity index (χ0n) is 14.4. The fourth-order valence-electron chi connectivity index (χ4n) is 3.64. The normalized spacial score (nSPS) is 22.4. The van der Waals surface area contributed by atoms with Crippen LogP contribution in [0.1, 0.15) is 23.3 Å². The third kappa shape index (κ3) is 3.02. The van der Waals surface area contributed by atoms with Crippen LogP contribution in [0.15, 0.2) is 30.5 Å². The summed E-state index contributed by atoms with van der Waals surface area (Å²) in [6.45, 7) is 0.723. The number of carbonyl (C=O) groups is 2. The van der Waals surface area contributed by atoms with Crippen LogP contribution < -0.4 is 4.74 Å². The second kappa shape index (κ2) is 6.44. The Bertz CT molecular complexity index is 828. The van der Waals surface area contributed by atoms with Crippen molar-refractivity contribution in [1.82, 2.24) is 19.9 Å². The molecule has 0 bridgehead atoms. The zero-order valence-corrected chi connectivity index (χ0v) is 14.4. The van der Waals surface area contributed by atoms with E-state index in [2.05, 4.69) is 10.3 Å². The maximum absolute atomic E-state index is 12.7. The van der Waals surface area contributed by atoms with Crippen LogP contribution in [0.2, 0.25) is 0 Å². The molecule has 1 aliphatic carbocycles. The highest BCUT2D eigenvalue weighted by molar-refractivity contribution is 5.92. The van der Waals surface area contributed by atoms with Crippen molar-refractivity contribution in [2.75, 3.05) is 20.2 Å². The molecule has 2 aliphatic rings. The molecule has 1 N–H and O–H groups in total. The van der Waals surface area contributed by atoms with E-state index in [9.17, 15) is 14.7 Å². The van der Waals surface area contributed by atoms with Crippen molar-refractivity contribution in [2.45, 2.75) is 12.8 Å². The number of aromatic nitrogens is 3. The Labute approximate surface area is 150 Å². The second-order valence-corrected chi connectivity index (χ2v) is 6.90. The van der Waals surface area contributed by atoms with Gasteiger partial charge >= 0.3 is 5.97 Å². The summed E-state index contributed by atoms with van der Waals surface area (Å²) >= 11 is 0. The predicted octanol–water partition coefficient (Wildman–Crippen LogP) is 1.46. The van der Waals surface area contributed by atoms with Gasteiger partial charge < -0.3 is 14.7 Å². The third-order valence-corrected chi connectivity index (χ3v) is 5.25. The Morgan fingerprint density at radius 2 is 1.92 bits per heavy atom. The summed E-state index contributed by atoms with van der Waals surface area (Å²) in [5.41, 5.74) is 0.986. The van der Waals surface area contributed by atoms with Crippen molar-refractivity contribution in [1.29, 1.82) is 0 Å². The van der Waals surface area contributed by atoms with Crippen LogP contribution in [0.3, 0.4) is 0 Å². The molecule has 26 heavy (non-hydrogen) atoms. The van der Waals surface area contributed by atoms with Crippen LogP contribution in [0.25, 0.3) is 5.69 Å². The Hall–Kier alpha value is -2.90. The maximum Gasteiger partial charge on any atom is 0.308 e. The SMILES string of the molecule is COc1ccc(-n2cc(C(=O)N3C[C@@H](C(=O)O)[C@H](C4CC4)C3)nn2)cc1. The minimum absolute atomic E-state index is 0.0492. The molecule has 136 valence electrons. The number of hydrogen-bond acceptors (Lipinski definition) is 5. The van der Waals surface area contributed by atoms with Gasteiger partial charge in [0.05, 0.1) is 24.9 Å². The van der Waals surface area contributed by atoms with E-state index < -0.39 is 11.9 Å². The number of aliphatic carboxylic acids is 1. The van der Waals surface area contributed by atoms with Crippen LogP contribution in [0, 0.1) is 17.8 Å². The minimum atomic E-state index is -0.820. The number of ether oxygens (including phenoxy) is 1. The number of carboxylic acid groups (broad SMARTS) is 1. The molecule has 4 rings (SSSR count). The van der Waals surface area contributed by atoms with Gasteiger partial charge in [0, 0.05) is 13.1 Å². The number of nitrogens with zero attached hydrogens (tertiary/aromatic N) is 4. The molecule has 2 aromatic rings. The number of likely N-dealkylation sites (tertiary alicyclic amines) is 1. The number of hydrogen-bond donors (Lipinski definition) is 1. The molecule has 1 aliphatic heterocycles. The van der Waals surface area contributed by atoms with Crippen molar-refractivity contribution in [3.63, 3.8) is 0 Å². The first-order chi connectivity index (χ1) is 12.6. The van der Waals surface area contributed by atoms with Crippen LogP contribution in [0.4, 0.5) is 0 Å². The van der Waals surface area contributed by atoms with Gasteiger partial charge in [-0.25, -0.2) is 4.68 Å². The van der Waals surface area contributed by atoms with E-state index in [1.54, 1.807) is 30.3 Å². The molecule has 1 aromatic heterocycles. The topological polar surface area (TPSA) is 97.5 Å². The lowest BCUT2D eigenvalue weighted by atomic mass is 9.92. The second-order valence-electron chi connectivity index (χ2n) is 6.90. The molecule has 0 radical (unpaired) electrons. The summed E-state index contributed by atoms with van der Waals surface area (Å²) < 4.78 is 6.65. The standard InChI is InChI=1S/C18H20N4O4/c1-26-13-6-4-12(5-7-13)22-10-16(19-20-22)17(23)21-8-14(11-2-3-11)15(9-21)18(24)25/h4-7,10-11,14-15H,2-3,8-9H2,1H3,(H,24,25)/t14-,15+/m0/s1. The summed E-state index contributed by atoms with van der Waals surface area (Å²) in [6, 6.07) is 7.25. The molecule has 2 heterocycles. The van der Waals surface area contributed by atoms with Gasteiger partial charge in [-0.2, -0.15) is 0 Å². The van der Waals surface area contributed by atoms with E-state index in [0.29, 0.717) is 12.5 Å². The van der Waals surface area contributed by atoms with Crippen LogP contribution in [0.5, 0.6) is 5.75 Å². The Balaban J connectivity index is 1.50. The van der Waals surface area contributed by atoms with Gasteiger partial charge in [0.1, 0.15) is 5.75 Å². The van der Waals surface area contributed by atoms with Crippen molar-refractivity contribution in [3.8, 4) is 11.4 Å². The van der Waals surface area contributed by atoms with Crippen molar-refractivity contribution in [3.05, 3.63) is 36.2 Å². The fraction of sp³-hybridized carbons (Fsp3) is 0.444. The van der Waals surface area contributed by atoms with Crippen LogP contribution >= 0.6 is 0 Å². The first kappa shape index (κ1) is 16.6. The summed E-state index contributed by atoms with van der Waals surface area (Å²) in [4.78, 5) is 25.9. The number of carboxylic acids is 1. The number of rotatable bonds is 5. The minimum Gasteiger partial charge on any atom is -0.497 e. The van der Waals surface area contributed by atoms with Gasteiger partial charge in [-0.1, -0.05) is 5.21 Å². The van der Waals surface area contributed by atoms with Gasteiger partial charge in [0.25, 0.3) is 5.91 Å². The van der Waals surface area contributed by atoms with Gasteiger partial charge in [-0.05, 0) is 48.9 Å². The fourth-order valence-corrected chi connectivity index (χ4v) is 3.64. The first-order valence-electron chi connectivity index (χ1n) is 8.65. The third-order valence-electron chi connectivity index (χ3n) is 5.25. The average Bonchev–Trinajstić information content (AvgIpc) is 3.21. The lowest BCUT2D eigenvalue weighted by molar-refractivity contribution is -0.142. The summed E-state index contributed by atoms with van der Waals surface area (Å²) in [5.74, 6) is -0.355. The molecule has 1 aromatic carbocycles. The van der Waals surface area contributed by atoms with E-state index >= 15 is 0 Å². The Morgan fingerprint density at radius 1 is 1.19 bits per heavy atom. The summed E-state index contributed by atoms with van der Waals surface area (Å²) in [7, 11) is 1.59. The number of amides is 1. The van der Waals surface area contributed by atoms with Gasteiger partial charge in [0.2, 0.25) is 0 Å². The lowest BCUT2D eigenvalue weighted by Gasteiger charge is -2.14. The van der Waals surface area contributed by atoms with Gasteiger partial charge in [-0.15, -0.1) is 5.10 Å². The van der Waals surface area contributed by atoms with Crippen molar-refractivity contribution in [2.24, 2.45) is 17.8 Å². The number of methoxy groups -OCH3 is 1. The van der Waals surface area contributed by atoms with Gasteiger partial charge in [-0.3, -0.25) is 9.59 Å². The largest absolute Gasteiger partial charge is 0.497 e. The molecule has 2 atom stereocenters. The smallest absolute Gasteiger partial charge is 0.308 e. The molecule has 0 unspecified atom stereocenters. The molecule has 2 fully saturated rings. The number of benzene rings is 1. The zero-order chi connectivity index (χ0) is 18.3. The van der Waals surface area contributed by atoms with E-state index in [-0.39, 0.29) is 24.1 Å². The van der Waals surface area contributed by atoms with E-state index in [0.717, 1.165) is 24.3 Å². The molecular formula is C18H20N4O4. The monoisotopic (exact) mass is 356 g/mol.